The minimum Gasteiger partial charge on any atom is -0.327 e. The molecule has 0 aliphatic heterocycles. The summed E-state index contributed by atoms with van der Waals surface area (Å²) in [6, 6.07) is 0.370. The van der Waals surface area contributed by atoms with Crippen molar-refractivity contribution in [3.8, 4) is 0 Å². The monoisotopic (exact) mass is 144 g/mol. The lowest BCUT2D eigenvalue weighted by Crippen LogP contribution is -2.24. The average Bonchev–Trinajstić information content (AvgIpc) is 2.18. The van der Waals surface area contributed by atoms with Crippen LogP contribution in [0.1, 0.15) is 19.3 Å². The normalized spacial score (nSPS) is 36.2. The molecule has 0 radical (unpaired) electrons. The summed E-state index contributed by atoms with van der Waals surface area (Å²) in [5.74, 6) is 0.544. The molecule has 3 heteroatoms. The average molecular weight is 144 g/mol. The van der Waals surface area contributed by atoms with Crippen molar-refractivity contribution in [3.63, 3.8) is 0 Å². The van der Waals surface area contributed by atoms with Gasteiger partial charge in [0.25, 0.3) is 0 Å². The van der Waals surface area contributed by atoms with E-state index in [1.807, 2.05) is 6.21 Å². The van der Waals surface area contributed by atoms with Crippen molar-refractivity contribution in [1.29, 1.82) is 0 Å². The maximum Gasteiger partial charge on any atom is 0.0117 e. The SMILES string of the molecule is NC1CCCC1C=NP. The molecule has 0 amide bonds. The lowest BCUT2D eigenvalue weighted by Gasteiger charge is -2.07. The second-order valence-electron chi connectivity index (χ2n) is 2.56. The fourth-order valence-corrected chi connectivity index (χ4v) is 1.53. The first-order valence-corrected chi connectivity index (χ1v) is 3.85. The van der Waals surface area contributed by atoms with E-state index in [1.54, 1.807) is 0 Å². The Balaban J connectivity index is 2.39. The molecule has 1 rings (SSSR count). The summed E-state index contributed by atoms with van der Waals surface area (Å²) >= 11 is 0. The molecule has 9 heavy (non-hydrogen) atoms. The lowest BCUT2D eigenvalue weighted by atomic mass is 10.1. The molecule has 1 fully saturated rings. The van der Waals surface area contributed by atoms with E-state index >= 15 is 0 Å². The minimum atomic E-state index is 0.370. The second-order valence-corrected chi connectivity index (χ2v) is 2.85. The molecule has 0 saturated heterocycles. The van der Waals surface area contributed by atoms with Gasteiger partial charge in [-0.15, -0.1) is 0 Å². The smallest absolute Gasteiger partial charge is 0.0117 e. The van der Waals surface area contributed by atoms with Crippen molar-refractivity contribution in [2.24, 2.45) is 16.4 Å². The molecule has 0 bridgehead atoms. The predicted molar refractivity (Wildman–Crippen MR) is 43.5 cm³/mol. The Labute approximate surface area is 58.2 Å². The third-order valence-electron chi connectivity index (χ3n) is 1.90. The quantitative estimate of drug-likeness (QED) is 0.432. The summed E-state index contributed by atoms with van der Waals surface area (Å²) in [4.78, 5) is 0. The van der Waals surface area contributed by atoms with Gasteiger partial charge in [-0.05, 0) is 22.2 Å². The van der Waals surface area contributed by atoms with Crippen LogP contribution >= 0.6 is 9.39 Å². The van der Waals surface area contributed by atoms with Gasteiger partial charge >= 0.3 is 0 Å². The molecular weight excluding hydrogens is 131 g/mol. The van der Waals surface area contributed by atoms with Gasteiger partial charge in [0, 0.05) is 18.2 Å². The number of nitrogens with zero attached hydrogens (tertiary/aromatic N) is 1. The van der Waals surface area contributed by atoms with E-state index < -0.39 is 0 Å². The summed E-state index contributed by atoms with van der Waals surface area (Å²) in [7, 11) is 2.34. The molecule has 0 aromatic heterocycles. The van der Waals surface area contributed by atoms with Gasteiger partial charge in [-0.1, -0.05) is 6.42 Å². The first-order chi connectivity index (χ1) is 4.34. The number of nitrogens with two attached hydrogens (primary N) is 1. The summed E-state index contributed by atoms with van der Waals surface area (Å²) < 4.78 is 3.88. The molecular formula is C6H13N2P. The highest BCUT2D eigenvalue weighted by Gasteiger charge is 2.21. The van der Waals surface area contributed by atoms with Crippen LogP contribution in [0.3, 0.4) is 0 Å². The highest BCUT2D eigenvalue weighted by atomic mass is 31.0. The molecule has 0 aromatic carbocycles. The van der Waals surface area contributed by atoms with E-state index in [9.17, 15) is 0 Å². The zero-order chi connectivity index (χ0) is 6.69. The molecule has 1 saturated carbocycles. The van der Waals surface area contributed by atoms with Crippen molar-refractivity contribution in [3.05, 3.63) is 0 Å². The number of hydrogen-bond donors (Lipinski definition) is 1. The van der Waals surface area contributed by atoms with Crippen LogP contribution in [0.15, 0.2) is 4.76 Å². The zero-order valence-electron chi connectivity index (χ0n) is 5.46. The maximum atomic E-state index is 5.76. The number of hydrogen-bond acceptors (Lipinski definition) is 2. The van der Waals surface area contributed by atoms with Crippen molar-refractivity contribution < 1.29 is 0 Å². The first-order valence-electron chi connectivity index (χ1n) is 3.33. The molecule has 2 N–H and O–H groups in total. The fourth-order valence-electron chi connectivity index (χ4n) is 1.31. The Hall–Kier alpha value is 0.0600. The van der Waals surface area contributed by atoms with E-state index in [4.69, 9.17) is 5.73 Å². The molecule has 1 aliphatic rings. The Morgan fingerprint density at radius 3 is 2.78 bits per heavy atom. The summed E-state index contributed by atoms with van der Waals surface area (Å²) in [5.41, 5.74) is 5.76. The lowest BCUT2D eigenvalue weighted by molar-refractivity contribution is 0.623. The fraction of sp³-hybridized carbons (Fsp3) is 0.833. The standard InChI is InChI=1S/C6H13N2P/c7-6-3-1-2-5(6)4-8-9/h4-6H,1-3,7,9H2. The van der Waals surface area contributed by atoms with Crippen molar-refractivity contribution in [2.75, 3.05) is 0 Å². The van der Waals surface area contributed by atoms with E-state index in [2.05, 4.69) is 14.2 Å². The maximum absolute atomic E-state index is 5.76. The van der Waals surface area contributed by atoms with Crippen LogP contribution in [0.4, 0.5) is 0 Å². The van der Waals surface area contributed by atoms with Gasteiger partial charge in [-0.3, -0.25) is 4.76 Å². The van der Waals surface area contributed by atoms with Gasteiger partial charge in [0.2, 0.25) is 0 Å². The van der Waals surface area contributed by atoms with Crippen LogP contribution in [0, 0.1) is 5.92 Å². The van der Waals surface area contributed by atoms with Gasteiger partial charge in [0.05, 0.1) is 0 Å². The van der Waals surface area contributed by atoms with Crippen LogP contribution in [-0.4, -0.2) is 12.3 Å². The van der Waals surface area contributed by atoms with E-state index in [-0.39, 0.29) is 0 Å². The van der Waals surface area contributed by atoms with Crippen LogP contribution < -0.4 is 5.73 Å². The molecule has 52 valence electrons. The van der Waals surface area contributed by atoms with Crippen LogP contribution in [0.2, 0.25) is 0 Å². The van der Waals surface area contributed by atoms with Crippen LogP contribution in [-0.2, 0) is 0 Å². The van der Waals surface area contributed by atoms with Gasteiger partial charge in [-0.25, -0.2) is 0 Å². The molecule has 0 spiro atoms. The van der Waals surface area contributed by atoms with Crippen molar-refractivity contribution in [2.45, 2.75) is 25.3 Å². The van der Waals surface area contributed by atoms with E-state index in [1.165, 1.54) is 19.3 Å². The predicted octanol–water partition coefficient (Wildman–Crippen LogP) is 0.975. The largest absolute Gasteiger partial charge is 0.327 e. The van der Waals surface area contributed by atoms with Gasteiger partial charge in [0.15, 0.2) is 0 Å². The Morgan fingerprint density at radius 2 is 2.33 bits per heavy atom. The van der Waals surface area contributed by atoms with Crippen molar-refractivity contribution >= 4 is 15.6 Å². The topological polar surface area (TPSA) is 38.4 Å². The third-order valence-corrected chi connectivity index (χ3v) is 2.07. The zero-order valence-corrected chi connectivity index (χ0v) is 6.61. The number of rotatable bonds is 1. The molecule has 2 nitrogen and oxygen atoms in total. The molecule has 0 aromatic rings. The molecule has 1 aliphatic carbocycles. The first kappa shape index (κ1) is 7.17. The summed E-state index contributed by atoms with van der Waals surface area (Å²) in [6.07, 6.45) is 5.60. The molecule has 0 heterocycles. The Bertz CT molecular complexity index is 114. The third kappa shape index (κ3) is 1.74. The van der Waals surface area contributed by atoms with Gasteiger partial charge < -0.3 is 5.73 Å². The highest BCUT2D eigenvalue weighted by Crippen LogP contribution is 2.22. The van der Waals surface area contributed by atoms with E-state index in [0.29, 0.717) is 12.0 Å². The van der Waals surface area contributed by atoms with E-state index in [0.717, 1.165) is 0 Å². The van der Waals surface area contributed by atoms with Crippen LogP contribution in [0.5, 0.6) is 0 Å². The highest BCUT2D eigenvalue weighted by molar-refractivity contribution is 7.14. The summed E-state index contributed by atoms with van der Waals surface area (Å²) in [6.45, 7) is 0. The Morgan fingerprint density at radius 1 is 1.56 bits per heavy atom. The second kappa shape index (κ2) is 3.28. The Kier molecular flexibility index (Phi) is 2.62. The van der Waals surface area contributed by atoms with Gasteiger partial charge in [-0.2, -0.15) is 0 Å². The van der Waals surface area contributed by atoms with Crippen molar-refractivity contribution in [1.82, 2.24) is 0 Å². The minimum absolute atomic E-state index is 0.370. The van der Waals surface area contributed by atoms with Crippen LogP contribution in [0.25, 0.3) is 0 Å². The molecule has 3 unspecified atom stereocenters. The van der Waals surface area contributed by atoms with Gasteiger partial charge in [0.1, 0.15) is 0 Å². The summed E-state index contributed by atoms with van der Waals surface area (Å²) in [5, 5.41) is 0. The molecule has 3 atom stereocenters.